The van der Waals surface area contributed by atoms with Gasteiger partial charge in [0, 0.05) is 35.7 Å². The van der Waals surface area contributed by atoms with E-state index in [0.717, 1.165) is 59.5 Å². The predicted molar refractivity (Wildman–Crippen MR) is 144 cm³/mol. The van der Waals surface area contributed by atoms with Crippen LogP contribution in [0.25, 0.3) is 5.57 Å². The van der Waals surface area contributed by atoms with Gasteiger partial charge in [-0.05, 0) is 43.9 Å². The van der Waals surface area contributed by atoms with E-state index < -0.39 is 5.54 Å². The summed E-state index contributed by atoms with van der Waals surface area (Å²) in [5, 5.41) is 17.4. The molecule has 0 bridgehead atoms. The average molecular weight is 455 g/mol. The monoisotopic (exact) mass is 454 g/mol. The van der Waals surface area contributed by atoms with Gasteiger partial charge in [0.25, 0.3) is 0 Å². The third-order valence-corrected chi connectivity index (χ3v) is 6.47. The molecular formula is C28H34N6. The fraction of sp³-hybridized carbons (Fsp3) is 0.357. The maximum atomic E-state index is 8.92. The third kappa shape index (κ3) is 4.72. The minimum atomic E-state index is -0.556. The Balaban J connectivity index is 1.77. The van der Waals surface area contributed by atoms with Crippen molar-refractivity contribution >= 4 is 34.9 Å². The maximum absolute atomic E-state index is 8.92. The highest BCUT2D eigenvalue weighted by Crippen LogP contribution is 2.46. The molecule has 0 radical (unpaired) electrons. The lowest BCUT2D eigenvalue weighted by Crippen LogP contribution is -2.41. The molecule has 2 aliphatic rings. The van der Waals surface area contributed by atoms with Crippen LogP contribution in [0, 0.1) is 10.8 Å². The summed E-state index contributed by atoms with van der Waals surface area (Å²) in [5.41, 5.74) is 10.8. The second kappa shape index (κ2) is 10.2. The molecule has 1 saturated carbocycles. The number of benzene rings is 2. The molecule has 4 rings (SSSR count). The number of nitrogens with two attached hydrogens (primary N) is 1. The average Bonchev–Trinajstić information content (AvgIpc) is 3.65. The van der Waals surface area contributed by atoms with Crippen LogP contribution >= 0.6 is 0 Å². The molecule has 0 saturated heterocycles. The number of unbranched alkanes of at least 4 members (excludes halogenated alkanes) is 3. The first-order chi connectivity index (χ1) is 16.5. The van der Waals surface area contributed by atoms with Crippen LogP contribution in [0.3, 0.4) is 0 Å². The number of fused-ring (bicyclic) bond motifs is 1. The van der Waals surface area contributed by atoms with Gasteiger partial charge >= 0.3 is 0 Å². The van der Waals surface area contributed by atoms with Gasteiger partial charge in [0.2, 0.25) is 0 Å². The second-order valence-electron chi connectivity index (χ2n) is 9.08. The first-order valence-electron chi connectivity index (χ1n) is 12.2. The molecule has 1 heterocycles. The Bertz CT molecular complexity index is 1150. The van der Waals surface area contributed by atoms with Crippen LogP contribution in [0.15, 0.2) is 64.7 Å². The number of nitrogens with one attached hydrogen (secondary N) is 2. The molecule has 0 atom stereocenters. The highest BCUT2D eigenvalue weighted by molar-refractivity contribution is 6.28. The number of nitrogens with zero attached hydrogens (tertiary/aromatic N) is 3. The molecule has 1 fully saturated rings. The normalized spacial score (nSPS) is 17.0. The van der Waals surface area contributed by atoms with E-state index in [1.807, 2.05) is 36.5 Å². The van der Waals surface area contributed by atoms with Crippen molar-refractivity contribution in [3.8, 4) is 0 Å². The van der Waals surface area contributed by atoms with Gasteiger partial charge in [0.1, 0.15) is 17.2 Å². The molecule has 6 nitrogen and oxygen atoms in total. The molecule has 1 aliphatic heterocycles. The quantitative estimate of drug-likeness (QED) is 0.267. The van der Waals surface area contributed by atoms with Crippen LogP contribution < -0.4 is 10.6 Å². The van der Waals surface area contributed by atoms with Crippen LogP contribution in [-0.4, -0.2) is 35.7 Å². The number of allylic oxidation sites excluding steroid dienone is 1. The number of hydrogen-bond acceptors (Lipinski definition) is 5. The Morgan fingerprint density at radius 2 is 1.91 bits per heavy atom. The van der Waals surface area contributed by atoms with E-state index in [4.69, 9.17) is 21.5 Å². The first-order valence-corrected chi connectivity index (χ1v) is 12.2. The van der Waals surface area contributed by atoms with Crippen molar-refractivity contribution in [1.29, 1.82) is 10.8 Å². The van der Waals surface area contributed by atoms with E-state index in [1.54, 1.807) is 18.0 Å². The summed E-state index contributed by atoms with van der Waals surface area (Å²) < 4.78 is 0. The Morgan fingerprint density at radius 1 is 1.15 bits per heavy atom. The zero-order valence-electron chi connectivity index (χ0n) is 20.1. The summed E-state index contributed by atoms with van der Waals surface area (Å²) in [6.45, 7) is 4.73. The molecule has 4 N–H and O–H groups in total. The van der Waals surface area contributed by atoms with E-state index >= 15 is 0 Å². The molecule has 1 aliphatic carbocycles. The summed E-state index contributed by atoms with van der Waals surface area (Å²) in [5.74, 6) is 0.696. The van der Waals surface area contributed by atoms with Gasteiger partial charge in [0.05, 0.1) is 11.4 Å². The van der Waals surface area contributed by atoms with Gasteiger partial charge in [-0.2, -0.15) is 0 Å². The summed E-state index contributed by atoms with van der Waals surface area (Å²) >= 11 is 0. The van der Waals surface area contributed by atoms with Crippen LogP contribution in [-0.2, 0) is 0 Å². The van der Waals surface area contributed by atoms with Gasteiger partial charge in [0.15, 0.2) is 0 Å². The number of amidine groups is 2. The number of rotatable bonds is 8. The summed E-state index contributed by atoms with van der Waals surface area (Å²) in [6, 6.07) is 16.2. The Kier molecular flexibility index (Phi) is 7.06. The van der Waals surface area contributed by atoms with E-state index in [-0.39, 0.29) is 0 Å². The molecule has 0 aromatic heterocycles. The number of aliphatic imine (C=N–C) groups is 2. The largest absolute Gasteiger partial charge is 0.404 e. The fourth-order valence-corrected chi connectivity index (χ4v) is 4.39. The second-order valence-corrected chi connectivity index (χ2v) is 9.08. The van der Waals surface area contributed by atoms with Crippen LogP contribution in [0.4, 0.5) is 5.69 Å². The molecule has 2 aromatic rings. The van der Waals surface area contributed by atoms with E-state index in [1.165, 1.54) is 19.3 Å². The van der Waals surface area contributed by atoms with Crippen LogP contribution in [0.2, 0.25) is 0 Å². The lowest BCUT2D eigenvalue weighted by Gasteiger charge is -2.26. The Hall–Kier alpha value is -3.54. The zero-order valence-corrected chi connectivity index (χ0v) is 20.1. The van der Waals surface area contributed by atoms with Crippen LogP contribution in [0.1, 0.15) is 69.1 Å². The molecule has 1 spiro atoms. The smallest absolute Gasteiger partial charge is 0.134 e. The van der Waals surface area contributed by atoms with Gasteiger partial charge in [-0.3, -0.25) is 25.7 Å². The van der Waals surface area contributed by atoms with Crippen molar-refractivity contribution in [2.24, 2.45) is 15.7 Å². The molecule has 0 amide bonds. The lowest BCUT2D eigenvalue weighted by atomic mass is 9.96. The van der Waals surface area contributed by atoms with Crippen molar-refractivity contribution in [3.63, 3.8) is 0 Å². The summed E-state index contributed by atoms with van der Waals surface area (Å²) in [6.07, 6.45) is 9.82. The highest BCUT2D eigenvalue weighted by Gasteiger charge is 2.52. The SMILES string of the molecule is CCCCCCN=CC(=CN)c1ccc2c(c1)C(c1ccccc1)=NC1(CC1)C(=N)N2C(C)=N. The van der Waals surface area contributed by atoms with Crippen molar-refractivity contribution < 1.29 is 0 Å². The summed E-state index contributed by atoms with van der Waals surface area (Å²) in [4.78, 5) is 11.5. The molecule has 6 heteroatoms. The van der Waals surface area contributed by atoms with Gasteiger partial charge in [-0.25, -0.2) is 0 Å². The van der Waals surface area contributed by atoms with Gasteiger partial charge in [-0.15, -0.1) is 0 Å². The third-order valence-electron chi connectivity index (χ3n) is 6.47. The zero-order chi connectivity index (χ0) is 24.1. The molecule has 34 heavy (non-hydrogen) atoms. The van der Waals surface area contributed by atoms with E-state index in [9.17, 15) is 0 Å². The van der Waals surface area contributed by atoms with E-state index in [2.05, 4.69) is 30.1 Å². The number of anilines is 1. The predicted octanol–water partition coefficient (Wildman–Crippen LogP) is 5.80. The minimum absolute atomic E-state index is 0.318. The molecule has 2 aromatic carbocycles. The van der Waals surface area contributed by atoms with Crippen molar-refractivity contribution in [2.45, 2.75) is 57.9 Å². The Morgan fingerprint density at radius 3 is 2.56 bits per heavy atom. The lowest BCUT2D eigenvalue weighted by molar-refractivity contribution is 0.676. The topological polar surface area (TPSA) is 102 Å². The molecular weight excluding hydrogens is 420 g/mol. The van der Waals surface area contributed by atoms with Gasteiger partial charge in [-0.1, -0.05) is 62.6 Å². The Labute approximate surface area is 202 Å². The highest BCUT2D eigenvalue weighted by atomic mass is 15.3. The summed E-state index contributed by atoms with van der Waals surface area (Å²) in [7, 11) is 0. The van der Waals surface area contributed by atoms with E-state index in [0.29, 0.717) is 11.7 Å². The van der Waals surface area contributed by atoms with Crippen LogP contribution in [0.5, 0.6) is 0 Å². The van der Waals surface area contributed by atoms with Gasteiger partial charge < -0.3 is 5.73 Å². The number of hydrogen-bond donors (Lipinski definition) is 3. The van der Waals surface area contributed by atoms with Crippen molar-refractivity contribution in [2.75, 3.05) is 11.4 Å². The first kappa shape index (κ1) is 23.6. The minimum Gasteiger partial charge on any atom is -0.404 e. The van der Waals surface area contributed by atoms with Crippen molar-refractivity contribution in [3.05, 3.63) is 71.4 Å². The van der Waals surface area contributed by atoms with Crippen molar-refractivity contribution in [1.82, 2.24) is 0 Å². The standard InChI is InChI=1S/C28H34N6/c1-3-4-5-9-16-32-19-23(18-29)22-12-13-25-24(17-22)26(21-10-7-6-8-11-21)33-28(14-15-28)27(31)34(25)20(2)30/h6-8,10-13,17-19,30-31H,3-5,9,14-16,29H2,1-2H3. The maximum Gasteiger partial charge on any atom is 0.134 e. The molecule has 0 unspecified atom stereocenters. The molecule has 176 valence electrons. The fourth-order valence-electron chi connectivity index (χ4n) is 4.39.